The van der Waals surface area contributed by atoms with Crippen LogP contribution in [0.5, 0.6) is 0 Å². The first-order valence-electron chi connectivity index (χ1n) is 3.53. The summed E-state index contributed by atoms with van der Waals surface area (Å²) in [4.78, 5) is 0. The summed E-state index contributed by atoms with van der Waals surface area (Å²) in [5.41, 5.74) is -3.64. The lowest BCUT2D eigenvalue weighted by molar-refractivity contribution is -0.143. The highest BCUT2D eigenvalue weighted by atomic mass is 19.4. The van der Waals surface area contributed by atoms with E-state index in [1.54, 1.807) is 5.10 Å². The lowest BCUT2D eigenvalue weighted by Gasteiger charge is -2.15. The lowest BCUT2D eigenvalue weighted by Crippen LogP contribution is -2.17. The van der Waals surface area contributed by atoms with E-state index in [2.05, 4.69) is 5.10 Å². The van der Waals surface area contributed by atoms with E-state index in [0.717, 1.165) is 20.0 Å². The second-order valence-corrected chi connectivity index (χ2v) is 3.13. The van der Waals surface area contributed by atoms with Gasteiger partial charge in [-0.3, -0.25) is 5.10 Å². The Labute approximate surface area is 72.0 Å². The average Bonchev–Trinajstić information content (AvgIpc) is 2.27. The number of halogens is 4. The van der Waals surface area contributed by atoms with Crippen LogP contribution < -0.4 is 0 Å². The molecule has 0 saturated heterocycles. The maximum atomic E-state index is 13.2. The maximum Gasteiger partial charge on any atom is 0.433 e. The van der Waals surface area contributed by atoms with Crippen LogP contribution in [0.15, 0.2) is 6.20 Å². The fourth-order valence-electron chi connectivity index (χ4n) is 0.953. The Balaban J connectivity index is 3.19. The molecule has 0 saturated carbocycles. The molecule has 0 radical (unpaired) electrons. The monoisotopic (exact) mass is 196 g/mol. The van der Waals surface area contributed by atoms with E-state index in [4.69, 9.17) is 0 Å². The van der Waals surface area contributed by atoms with Crippen molar-refractivity contribution >= 4 is 0 Å². The van der Waals surface area contributed by atoms with Crippen molar-refractivity contribution in [1.82, 2.24) is 10.2 Å². The highest BCUT2D eigenvalue weighted by Gasteiger charge is 2.39. The van der Waals surface area contributed by atoms with Crippen molar-refractivity contribution in [2.45, 2.75) is 25.7 Å². The van der Waals surface area contributed by atoms with Gasteiger partial charge in [0.1, 0.15) is 11.4 Å². The number of hydrogen-bond donors (Lipinski definition) is 1. The minimum atomic E-state index is -4.59. The number of aromatic amines is 1. The Morgan fingerprint density at radius 2 is 1.77 bits per heavy atom. The molecule has 1 N–H and O–H groups in total. The first-order chi connectivity index (χ1) is 5.73. The highest BCUT2D eigenvalue weighted by Crippen LogP contribution is 2.36. The molecule has 0 aromatic carbocycles. The molecule has 0 fully saturated rings. The predicted molar refractivity (Wildman–Crippen MR) is 37.7 cm³/mol. The normalized spacial score (nSPS) is 13.4. The standard InChI is InChI=1S/C7H8F4N2/c1-6(2,8)4-3-12-13-5(4)7(9,10)11/h3H,1-2H3,(H,12,13). The van der Waals surface area contributed by atoms with Crippen LogP contribution in [0.1, 0.15) is 25.1 Å². The molecule has 1 aromatic heterocycles. The Kier molecular flexibility index (Phi) is 2.09. The molecule has 6 heteroatoms. The summed E-state index contributed by atoms with van der Waals surface area (Å²) < 4.78 is 49.7. The lowest BCUT2D eigenvalue weighted by atomic mass is 10.0. The molecule has 0 aliphatic carbocycles. The topological polar surface area (TPSA) is 28.7 Å². The van der Waals surface area contributed by atoms with Gasteiger partial charge in [0.05, 0.1) is 6.20 Å². The second kappa shape index (κ2) is 2.71. The zero-order valence-corrected chi connectivity index (χ0v) is 7.04. The zero-order chi connectivity index (χ0) is 10.3. The molecule has 0 bridgehead atoms. The number of nitrogens with zero attached hydrogens (tertiary/aromatic N) is 1. The van der Waals surface area contributed by atoms with Crippen molar-refractivity contribution in [2.24, 2.45) is 0 Å². The fraction of sp³-hybridized carbons (Fsp3) is 0.571. The van der Waals surface area contributed by atoms with Gasteiger partial charge in [-0.2, -0.15) is 18.3 Å². The van der Waals surface area contributed by atoms with Gasteiger partial charge < -0.3 is 0 Å². The van der Waals surface area contributed by atoms with Crippen molar-refractivity contribution in [1.29, 1.82) is 0 Å². The Bertz CT molecular complexity index is 266. The molecule has 0 aliphatic heterocycles. The summed E-state index contributed by atoms with van der Waals surface area (Å²) in [6, 6.07) is 0. The highest BCUT2D eigenvalue weighted by molar-refractivity contribution is 5.24. The van der Waals surface area contributed by atoms with Crippen molar-refractivity contribution in [3.05, 3.63) is 17.5 Å². The quantitative estimate of drug-likeness (QED) is 0.687. The third-order valence-electron chi connectivity index (χ3n) is 1.56. The molecular formula is C7H8F4N2. The minimum absolute atomic E-state index is 0.472. The molecule has 0 unspecified atom stereocenters. The van der Waals surface area contributed by atoms with Gasteiger partial charge in [-0.05, 0) is 13.8 Å². The van der Waals surface area contributed by atoms with E-state index in [0.29, 0.717) is 0 Å². The molecule has 1 heterocycles. The molecule has 0 atom stereocenters. The average molecular weight is 196 g/mol. The van der Waals surface area contributed by atoms with E-state index in [-0.39, 0.29) is 0 Å². The number of nitrogens with one attached hydrogen (secondary N) is 1. The molecule has 0 aliphatic rings. The summed E-state index contributed by atoms with van der Waals surface area (Å²) in [6.45, 7) is 2.10. The van der Waals surface area contributed by atoms with Crippen molar-refractivity contribution in [3.63, 3.8) is 0 Å². The molecule has 0 amide bonds. The number of H-pyrrole nitrogens is 1. The Morgan fingerprint density at radius 1 is 1.23 bits per heavy atom. The van der Waals surface area contributed by atoms with Crippen LogP contribution in [0, 0.1) is 0 Å². The molecule has 1 aromatic rings. The summed E-state index contributed by atoms with van der Waals surface area (Å²) in [6.07, 6.45) is -3.74. The van der Waals surface area contributed by atoms with Crippen LogP contribution in [-0.2, 0) is 11.8 Å². The van der Waals surface area contributed by atoms with Gasteiger partial charge in [0.25, 0.3) is 0 Å². The van der Waals surface area contributed by atoms with E-state index < -0.39 is 23.1 Å². The van der Waals surface area contributed by atoms with Crippen LogP contribution >= 0.6 is 0 Å². The van der Waals surface area contributed by atoms with Crippen molar-refractivity contribution in [3.8, 4) is 0 Å². The Morgan fingerprint density at radius 3 is 2.08 bits per heavy atom. The largest absolute Gasteiger partial charge is 0.433 e. The van der Waals surface area contributed by atoms with Gasteiger partial charge in [0.2, 0.25) is 0 Å². The zero-order valence-electron chi connectivity index (χ0n) is 7.04. The molecule has 74 valence electrons. The van der Waals surface area contributed by atoms with E-state index in [1.165, 1.54) is 0 Å². The maximum absolute atomic E-state index is 13.2. The predicted octanol–water partition coefficient (Wildman–Crippen LogP) is 2.63. The van der Waals surface area contributed by atoms with Gasteiger partial charge in [0.15, 0.2) is 0 Å². The van der Waals surface area contributed by atoms with Crippen LogP contribution in [0.2, 0.25) is 0 Å². The third-order valence-corrected chi connectivity index (χ3v) is 1.56. The first-order valence-corrected chi connectivity index (χ1v) is 3.53. The van der Waals surface area contributed by atoms with E-state index in [1.807, 2.05) is 0 Å². The molecule has 2 nitrogen and oxygen atoms in total. The number of alkyl halides is 4. The van der Waals surface area contributed by atoms with Crippen LogP contribution in [-0.4, -0.2) is 10.2 Å². The SMILES string of the molecule is CC(C)(F)c1cn[nH]c1C(F)(F)F. The third kappa shape index (κ3) is 1.99. The van der Waals surface area contributed by atoms with Gasteiger partial charge >= 0.3 is 6.18 Å². The van der Waals surface area contributed by atoms with Gasteiger partial charge in [-0.1, -0.05) is 0 Å². The molecule has 0 spiro atoms. The Hall–Kier alpha value is -1.07. The summed E-state index contributed by atoms with van der Waals surface area (Å²) in [5.74, 6) is 0. The van der Waals surface area contributed by atoms with Crippen LogP contribution in [0.25, 0.3) is 0 Å². The summed E-state index contributed by atoms with van der Waals surface area (Å²) >= 11 is 0. The van der Waals surface area contributed by atoms with Gasteiger partial charge in [-0.25, -0.2) is 4.39 Å². The van der Waals surface area contributed by atoms with Crippen LogP contribution in [0.3, 0.4) is 0 Å². The van der Waals surface area contributed by atoms with Gasteiger partial charge in [-0.15, -0.1) is 0 Å². The van der Waals surface area contributed by atoms with Gasteiger partial charge in [0, 0.05) is 5.56 Å². The van der Waals surface area contributed by atoms with E-state index in [9.17, 15) is 17.6 Å². The van der Waals surface area contributed by atoms with Crippen molar-refractivity contribution in [2.75, 3.05) is 0 Å². The number of aromatic nitrogens is 2. The number of rotatable bonds is 1. The first kappa shape index (κ1) is 10.0. The second-order valence-electron chi connectivity index (χ2n) is 3.13. The summed E-state index contributed by atoms with van der Waals surface area (Å²) in [7, 11) is 0. The molecule has 13 heavy (non-hydrogen) atoms. The summed E-state index contributed by atoms with van der Waals surface area (Å²) in [5, 5.41) is 4.91. The molecular weight excluding hydrogens is 188 g/mol. The number of hydrogen-bond acceptors (Lipinski definition) is 1. The van der Waals surface area contributed by atoms with E-state index >= 15 is 0 Å². The fourth-order valence-corrected chi connectivity index (χ4v) is 0.953. The molecule has 1 rings (SSSR count). The minimum Gasteiger partial charge on any atom is -0.273 e. The van der Waals surface area contributed by atoms with Crippen molar-refractivity contribution < 1.29 is 17.6 Å². The smallest absolute Gasteiger partial charge is 0.273 e. The van der Waals surface area contributed by atoms with Crippen LogP contribution in [0.4, 0.5) is 17.6 Å².